The average molecular weight is 203 g/mol. The van der Waals surface area contributed by atoms with Gasteiger partial charge in [0.05, 0.1) is 11.4 Å². The standard InChI is InChI=1S/C9H17NO2S/c1-7-9(2-3-12-7)13(11)6-8-4-10-5-8/h7-10H,2-6H2,1H3. The van der Waals surface area contributed by atoms with Gasteiger partial charge in [-0.1, -0.05) is 0 Å². The number of hydrogen-bond donors (Lipinski definition) is 1. The molecule has 4 heteroatoms. The Balaban J connectivity index is 1.81. The second kappa shape index (κ2) is 4.07. The lowest BCUT2D eigenvalue weighted by Gasteiger charge is -2.28. The van der Waals surface area contributed by atoms with Crippen LogP contribution in [-0.4, -0.2) is 41.0 Å². The van der Waals surface area contributed by atoms with Gasteiger partial charge >= 0.3 is 0 Å². The van der Waals surface area contributed by atoms with Gasteiger partial charge < -0.3 is 10.1 Å². The Morgan fingerprint density at radius 2 is 2.31 bits per heavy atom. The third kappa shape index (κ3) is 2.11. The molecule has 0 saturated carbocycles. The van der Waals surface area contributed by atoms with Gasteiger partial charge in [0.15, 0.2) is 0 Å². The van der Waals surface area contributed by atoms with Crippen molar-refractivity contribution < 1.29 is 8.95 Å². The van der Waals surface area contributed by atoms with Crippen LogP contribution in [0.4, 0.5) is 0 Å². The number of hydrogen-bond acceptors (Lipinski definition) is 3. The van der Waals surface area contributed by atoms with Crippen LogP contribution in [0.15, 0.2) is 0 Å². The minimum Gasteiger partial charge on any atom is -0.377 e. The van der Waals surface area contributed by atoms with Crippen LogP contribution in [0.5, 0.6) is 0 Å². The third-order valence-electron chi connectivity index (χ3n) is 2.91. The van der Waals surface area contributed by atoms with Crippen molar-refractivity contribution in [1.29, 1.82) is 0 Å². The molecule has 3 nitrogen and oxygen atoms in total. The number of ether oxygens (including phenoxy) is 1. The van der Waals surface area contributed by atoms with Crippen molar-refractivity contribution >= 4 is 10.8 Å². The van der Waals surface area contributed by atoms with Crippen LogP contribution < -0.4 is 5.32 Å². The summed E-state index contributed by atoms with van der Waals surface area (Å²) in [6.07, 6.45) is 1.18. The molecule has 2 heterocycles. The highest BCUT2D eigenvalue weighted by molar-refractivity contribution is 7.85. The fourth-order valence-corrected chi connectivity index (χ4v) is 3.69. The SMILES string of the molecule is CC1OCCC1S(=O)CC1CNC1. The van der Waals surface area contributed by atoms with E-state index < -0.39 is 10.8 Å². The summed E-state index contributed by atoms with van der Waals surface area (Å²) in [5, 5.41) is 3.49. The van der Waals surface area contributed by atoms with Crippen molar-refractivity contribution in [2.24, 2.45) is 5.92 Å². The monoisotopic (exact) mass is 203 g/mol. The van der Waals surface area contributed by atoms with Crippen LogP contribution >= 0.6 is 0 Å². The summed E-state index contributed by atoms with van der Waals surface area (Å²) in [7, 11) is -0.669. The molecule has 2 aliphatic heterocycles. The average Bonchev–Trinajstić information content (AvgIpc) is 2.43. The van der Waals surface area contributed by atoms with Crippen molar-refractivity contribution in [3.63, 3.8) is 0 Å². The van der Waals surface area contributed by atoms with Crippen molar-refractivity contribution in [3.8, 4) is 0 Å². The summed E-state index contributed by atoms with van der Waals surface area (Å²) in [4.78, 5) is 0. The van der Waals surface area contributed by atoms with Gasteiger partial charge in [-0.15, -0.1) is 0 Å². The van der Waals surface area contributed by atoms with Crippen molar-refractivity contribution in [1.82, 2.24) is 5.32 Å². The lowest BCUT2D eigenvalue weighted by atomic mass is 10.1. The normalized spacial score (nSPS) is 37.3. The number of nitrogens with one attached hydrogen (secondary N) is 1. The maximum absolute atomic E-state index is 11.9. The van der Waals surface area contributed by atoms with Gasteiger partial charge in [-0.05, 0) is 19.3 Å². The molecule has 3 unspecified atom stereocenters. The highest BCUT2D eigenvalue weighted by Crippen LogP contribution is 2.20. The van der Waals surface area contributed by atoms with Gasteiger partial charge in [-0.3, -0.25) is 4.21 Å². The largest absolute Gasteiger partial charge is 0.377 e. The van der Waals surface area contributed by atoms with Crippen molar-refractivity contribution in [2.45, 2.75) is 24.7 Å². The molecule has 2 aliphatic rings. The zero-order chi connectivity index (χ0) is 9.26. The summed E-state index contributed by atoms with van der Waals surface area (Å²) in [5.74, 6) is 1.51. The molecule has 0 aromatic rings. The zero-order valence-corrected chi connectivity index (χ0v) is 8.81. The smallest absolute Gasteiger partial charge is 0.0691 e. The zero-order valence-electron chi connectivity index (χ0n) is 7.99. The Kier molecular flexibility index (Phi) is 3.01. The van der Waals surface area contributed by atoms with Crippen molar-refractivity contribution in [3.05, 3.63) is 0 Å². The summed E-state index contributed by atoms with van der Waals surface area (Å²) < 4.78 is 17.3. The van der Waals surface area contributed by atoms with E-state index >= 15 is 0 Å². The summed E-state index contributed by atoms with van der Waals surface area (Å²) >= 11 is 0. The first-order chi connectivity index (χ1) is 6.27. The Labute approximate surface area is 81.7 Å². The fourth-order valence-electron chi connectivity index (χ4n) is 1.88. The molecule has 1 N–H and O–H groups in total. The molecule has 0 bridgehead atoms. The second-order valence-electron chi connectivity index (χ2n) is 3.97. The van der Waals surface area contributed by atoms with E-state index in [-0.39, 0.29) is 6.10 Å². The van der Waals surface area contributed by atoms with E-state index in [1.54, 1.807) is 0 Å². The molecule has 2 fully saturated rings. The molecule has 76 valence electrons. The predicted molar refractivity (Wildman–Crippen MR) is 53.2 cm³/mol. The molecule has 13 heavy (non-hydrogen) atoms. The van der Waals surface area contributed by atoms with E-state index in [4.69, 9.17) is 4.74 Å². The van der Waals surface area contributed by atoms with E-state index in [0.29, 0.717) is 11.2 Å². The number of rotatable bonds is 3. The lowest BCUT2D eigenvalue weighted by molar-refractivity contribution is 0.127. The van der Waals surface area contributed by atoms with Crippen LogP contribution in [-0.2, 0) is 15.5 Å². The highest BCUT2D eigenvalue weighted by atomic mass is 32.2. The topological polar surface area (TPSA) is 38.3 Å². The van der Waals surface area contributed by atoms with Gasteiger partial charge in [-0.2, -0.15) is 0 Å². The first kappa shape index (κ1) is 9.62. The van der Waals surface area contributed by atoms with Crippen LogP contribution in [0.3, 0.4) is 0 Å². The van der Waals surface area contributed by atoms with Crippen LogP contribution in [0.1, 0.15) is 13.3 Å². The molecule has 0 spiro atoms. The molecule has 0 aromatic carbocycles. The van der Waals surface area contributed by atoms with E-state index in [1.807, 2.05) is 6.92 Å². The van der Waals surface area contributed by atoms with Gasteiger partial charge in [0, 0.05) is 36.2 Å². The fraction of sp³-hybridized carbons (Fsp3) is 1.00. The Morgan fingerprint density at radius 1 is 1.54 bits per heavy atom. The molecular formula is C9H17NO2S. The molecule has 2 saturated heterocycles. The van der Waals surface area contributed by atoms with Gasteiger partial charge in [0.2, 0.25) is 0 Å². The van der Waals surface area contributed by atoms with E-state index in [9.17, 15) is 4.21 Å². The van der Waals surface area contributed by atoms with Gasteiger partial charge in [0.1, 0.15) is 0 Å². The maximum Gasteiger partial charge on any atom is 0.0691 e. The summed E-state index contributed by atoms with van der Waals surface area (Å²) in [6, 6.07) is 0. The van der Waals surface area contributed by atoms with E-state index in [0.717, 1.165) is 31.9 Å². The second-order valence-corrected chi connectivity index (χ2v) is 5.68. The minimum atomic E-state index is -0.669. The minimum absolute atomic E-state index is 0.203. The molecule has 0 aliphatic carbocycles. The van der Waals surface area contributed by atoms with Crippen LogP contribution in [0.2, 0.25) is 0 Å². The lowest BCUT2D eigenvalue weighted by Crippen LogP contribution is -2.46. The third-order valence-corrected chi connectivity index (χ3v) is 5.00. The van der Waals surface area contributed by atoms with Crippen molar-refractivity contribution in [2.75, 3.05) is 25.4 Å². The summed E-state index contributed by atoms with van der Waals surface area (Å²) in [5.41, 5.74) is 0. The molecular weight excluding hydrogens is 186 g/mol. The highest BCUT2D eigenvalue weighted by Gasteiger charge is 2.31. The van der Waals surface area contributed by atoms with Crippen LogP contribution in [0.25, 0.3) is 0 Å². The Bertz CT molecular complexity index is 206. The Morgan fingerprint density at radius 3 is 2.77 bits per heavy atom. The van der Waals surface area contributed by atoms with Crippen LogP contribution in [0, 0.1) is 5.92 Å². The van der Waals surface area contributed by atoms with E-state index in [1.165, 1.54) is 0 Å². The molecule has 0 amide bonds. The summed E-state index contributed by atoms with van der Waals surface area (Å²) in [6.45, 7) is 4.93. The predicted octanol–water partition coefficient (Wildman–Crippen LogP) is 0.132. The van der Waals surface area contributed by atoms with Gasteiger partial charge in [0.25, 0.3) is 0 Å². The Hall–Kier alpha value is 0.0700. The first-order valence-corrected chi connectivity index (χ1v) is 6.35. The van der Waals surface area contributed by atoms with E-state index in [2.05, 4.69) is 5.32 Å². The molecule has 0 radical (unpaired) electrons. The quantitative estimate of drug-likeness (QED) is 0.708. The van der Waals surface area contributed by atoms with Gasteiger partial charge in [-0.25, -0.2) is 0 Å². The first-order valence-electron chi connectivity index (χ1n) is 4.97. The maximum atomic E-state index is 11.9. The molecule has 2 rings (SSSR count). The molecule has 3 atom stereocenters. The molecule has 0 aromatic heterocycles.